The molecule has 1 N–H and O–H groups in total. The fourth-order valence-electron chi connectivity index (χ4n) is 2.95. The molecule has 1 aliphatic heterocycles. The second-order valence-corrected chi connectivity index (χ2v) is 6.75. The van der Waals surface area contributed by atoms with Gasteiger partial charge < -0.3 is 5.32 Å². The monoisotopic (exact) mass is 354 g/mol. The van der Waals surface area contributed by atoms with E-state index in [2.05, 4.69) is 16.3 Å². The maximum atomic E-state index is 12.5. The van der Waals surface area contributed by atoms with E-state index in [0.717, 1.165) is 31.5 Å². The van der Waals surface area contributed by atoms with Gasteiger partial charge in [-0.3, -0.25) is 9.69 Å². The summed E-state index contributed by atoms with van der Waals surface area (Å²) in [4.78, 5) is 15.6. The minimum atomic E-state index is -4.37. The first-order valence-electron chi connectivity index (χ1n) is 7.68. The molecule has 1 fully saturated rings. The summed E-state index contributed by atoms with van der Waals surface area (Å²) < 4.78 is 37.6. The fourth-order valence-corrected chi connectivity index (χ4v) is 3.84. The van der Waals surface area contributed by atoms with E-state index in [1.165, 1.54) is 17.0 Å². The largest absolute Gasteiger partial charge is 0.416 e. The first-order chi connectivity index (χ1) is 11.4. The molecule has 0 radical (unpaired) electrons. The molecule has 0 aliphatic carbocycles. The molecule has 3 rings (SSSR count). The molecular weight excluding hydrogens is 337 g/mol. The molecule has 0 spiro atoms. The van der Waals surface area contributed by atoms with Gasteiger partial charge in [0.2, 0.25) is 5.91 Å². The Morgan fingerprint density at radius 2 is 2.00 bits per heavy atom. The first-order valence-corrected chi connectivity index (χ1v) is 8.56. The Bertz CT molecular complexity index is 683. The second-order valence-electron chi connectivity index (χ2n) is 5.77. The summed E-state index contributed by atoms with van der Waals surface area (Å²) in [7, 11) is 0. The lowest BCUT2D eigenvalue weighted by atomic mass is 10.2. The van der Waals surface area contributed by atoms with E-state index in [1.54, 1.807) is 11.3 Å². The highest BCUT2D eigenvalue weighted by molar-refractivity contribution is 7.10. The Labute approximate surface area is 142 Å². The lowest BCUT2D eigenvalue weighted by Crippen LogP contribution is -2.32. The van der Waals surface area contributed by atoms with Crippen molar-refractivity contribution in [2.75, 3.05) is 18.4 Å². The Kier molecular flexibility index (Phi) is 4.91. The summed E-state index contributed by atoms with van der Waals surface area (Å²) in [6.07, 6.45) is -2.31. The van der Waals surface area contributed by atoms with Gasteiger partial charge in [-0.1, -0.05) is 6.07 Å². The van der Waals surface area contributed by atoms with Gasteiger partial charge in [-0.15, -0.1) is 11.3 Å². The summed E-state index contributed by atoms with van der Waals surface area (Å²) in [5.41, 5.74) is -0.349. The van der Waals surface area contributed by atoms with Crippen LogP contribution in [0.1, 0.15) is 29.3 Å². The number of hydrogen-bond donors (Lipinski definition) is 1. The van der Waals surface area contributed by atoms with Gasteiger partial charge in [0.25, 0.3) is 0 Å². The molecule has 2 aromatic rings. The molecule has 0 unspecified atom stereocenters. The molecule has 24 heavy (non-hydrogen) atoms. The number of nitrogens with one attached hydrogen (secondary N) is 1. The Hall–Kier alpha value is -1.86. The molecule has 1 saturated heterocycles. The molecule has 0 bridgehead atoms. The van der Waals surface area contributed by atoms with Crippen LogP contribution in [0.2, 0.25) is 0 Å². The number of alkyl halides is 3. The van der Waals surface area contributed by atoms with Crippen LogP contribution >= 0.6 is 11.3 Å². The predicted octanol–water partition coefficient (Wildman–Crippen LogP) is 4.54. The maximum absolute atomic E-state index is 12.5. The van der Waals surface area contributed by atoms with Crippen molar-refractivity contribution in [2.24, 2.45) is 0 Å². The standard InChI is InChI=1S/C17H17F3N2OS/c18-17(19,20)12-5-7-13(8-6-12)21-16(23)11-22-9-1-3-14(22)15-4-2-10-24-15/h2,4-8,10,14H,1,3,9,11H2,(H,21,23)/t14-/m1/s1. The molecule has 1 aromatic heterocycles. The minimum absolute atomic E-state index is 0.210. The minimum Gasteiger partial charge on any atom is -0.325 e. The van der Waals surface area contributed by atoms with E-state index in [-0.39, 0.29) is 18.5 Å². The van der Waals surface area contributed by atoms with Crippen LogP contribution in [0.5, 0.6) is 0 Å². The number of carbonyl (C=O) groups is 1. The zero-order chi connectivity index (χ0) is 17.2. The number of thiophene rings is 1. The van der Waals surface area contributed by atoms with E-state index in [4.69, 9.17) is 0 Å². The van der Waals surface area contributed by atoms with Gasteiger partial charge in [-0.25, -0.2) is 0 Å². The number of likely N-dealkylation sites (tertiary alicyclic amines) is 1. The van der Waals surface area contributed by atoms with Gasteiger partial charge in [0.15, 0.2) is 0 Å². The molecular formula is C17H17F3N2OS. The van der Waals surface area contributed by atoms with Gasteiger partial charge in [0.05, 0.1) is 12.1 Å². The van der Waals surface area contributed by atoms with Gasteiger partial charge in [-0.2, -0.15) is 13.2 Å². The molecule has 128 valence electrons. The van der Waals surface area contributed by atoms with E-state index in [0.29, 0.717) is 5.69 Å². The van der Waals surface area contributed by atoms with Crippen LogP contribution in [0, 0.1) is 0 Å². The van der Waals surface area contributed by atoms with Gasteiger partial charge in [0.1, 0.15) is 0 Å². The van der Waals surface area contributed by atoms with Crippen molar-refractivity contribution >= 4 is 22.9 Å². The SMILES string of the molecule is O=C(CN1CCC[C@@H]1c1cccs1)Nc1ccc(C(F)(F)F)cc1. The second kappa shape index (κ2) is 6.94. The third-order valence-corrected chi connectivity index (χ3v) is 5.05. The number of anilines is 1. The third-order valence-electron chi connectivity index (χ3n) is 4.08. The Morgan fingerprint density at radius 3 is 2.62 bits per heavy atom. The maximum Gasteiger partial charge on any atom is 0.416 e. The van der Waals surface area contributed by atoms with Crippen LogP contribution in [0.25, 0.3) is 0 Å². The lowest BCUT2D eigenvalue weighted by molar-refractivity contribution is -0.137. The molecule has 2 heterocycles. The summed E-state index contributed by atoms with van der Waals surface area (Å²) in [5.74, 6) is -0.210. The van der Waals surface area contributed by atoms with Crippen molar-refractivity contribution in [1.29, 1.82) is 0 Å². The van der Waals surface area contributed by atoms with Crippen molar-refractivity contribution in [3.63, 3.8) is 0 Å². The number of halogens is 3. The zero-order valence-corrected chi connectivity index (χ0v) is 13.7. The summed E-state index contributed by atoms with van der Waals surface area (Å²) in [5, 5.41) is 4.69. The summed E-state index contributed by atoms with van der Waals surface area (Å²) in [6.45, 7) is 1.09. The highest BCUT2D eigenvalue weighted by Gasteiger charge is 2.30. The summed E-state index contributed by atoms with van der Waals surface area (Å²) in [6, 6.07) is 8.83. The third kappa shape index (κ3) is 3.96. The highest BCUT2D eigenvalue weighted by atomic mass is 32.1. The van der Waals surface area contributed by atoms with Crippen molar-refractivity contribution in [3.05, 3.63) is 52.2 Å². The molecule has 7 heteroatoms. The molecule has 1 aromatic carbocycles. The quantitative estimate of drug-likeness (QED) is 0.874. The fraction of sp³-hybridized carbons (Fsp3) is 0.353. The van der Waals surface area contributed by atoms with Crippen LogP contribution < -0.4 is 5.32 Å². The molecule has 0 saturated carbocycles. The number of rotatable bonds is 4. The van der Waals surface area contributed by atoms with Crippen molar-refractivity contribution in [2.45, 2.75) is 25.1 Å². The average Bonchev–Trinajstić information content (AvgIpc) is 3.17. The van der Waals surface area contributed by atoms with Crippen molar-refractivity contribution in [1.82, 2.24) is 4.90 Å². The Morgan fingerprint density at radius 1 is 1.25 bits per heavy atom. The number of nitrogens with zero attached hydrogens (tertiary/aromatic N) is 1. The van der Waals surface area contributed by atoms with Gasteiger partial charge >= 0.3 is 6.18 Å². The molecule has 1 aliphatic rings. The van der Waals surface area contributed by atoms with Crippen molar-refractivity contribution in [3.8, 4) is 0 Å². The predicted molar refractivity (Wildman–Crippen MR) is 87.9 cm³/mol. The van der Waals surface area contributed by atoms with Gasteiger partial charge in [0, 0.05) is 16.6 Å². The average molecular weight is 354 g/mol. The van der Waals surface area contributed by atoms with E-state index in [1.807, 2.05) is 11.4 Å². The van der Waals surface area contributed by atoms with Crippen LogP contribution in [0.3, 0.4) is 0 Å². The molecule has 1 amide bonds. The van der Waals surface area contributed by atoms with E-state index in [9.17, 15) is 18.0 Å². The van der Waals surface area contributed by atoms with Crippen LogP contribution in [0.4, 0.5) is 18.9 Å². The Balaban J connectivity index is 1.59. The first kappa shape index (κ1) is 17.0. The topological polar surface area (TPSA) is 32.3 Å². The molecule has 1 atom stereocenters. The number of benzene rings is 1. The smallest absolute Gasteiger partial charge is 0.325 e. The lowest BCUT2D eigenvalue weighted by Gasteiger charge is -2.22. The normalized spacial score (nSPS) is 18.7. The van der Waals surface area contributed by atoms with Crippen LogP contribution in [0.15, 0.2) is 41.8 Å². The van der Waals surface area contributed by atoms with E-state index >= 15 is 0 Å². The molecule has 3 nitrogen and oxygen atoms in total. The van der Waals surface area contributed by atoms with E-state index < -0.39 is 11.7 Å². The van der Waals surface area contributed by atoms with Crippen molar-refractivity contribution < 1.29 is 18.0 Å². The highest BCUT2D eigenvalue weighted by Crippen LogP contribution is 2.34. The number of carbonyl (C=O) groups excluding carboxylic acids is 1. The number of hydrogen-bond acceptors (Lipinski definition) is 3. The summed E-state index contributed by atoms with van der Waals surface area (Å²) >= 11 is 1.68. The van der Waals surface area contributed by atoms with Crippen LogP contribution in [-0.4, -0.2) is 23.9 Å². The number of amides is 1. The van der Waals surface area contributed by atoms with Crippen LogP contribution in [-0.2, 0) is 11.0 Å². The zero-order valence-electron chi connectivity index (χ0n) is 12.8. The van der Waals surface area contributed by atoms with Gasteiger partial charge in [-0.05, 0) is 55.1 Å².